The topological polar surface area (TPSA) is 92.1 Å². The first-order valence-electron chi connectivity index (χ1n) is 3.88. The third kappa shape index (κ3) is 4.39. The minimum atomic E-state index is -5.07. The van der Waals surface area contributed by atoms with Crippen LogP contribution in [-0.2, 0) is 17.0 Å². The summed E-state index contributed by atoms with van der Waals surface area (Å²) in [5, 5.41) is 3.27. The van der Waals surface area contributed by atoms with Crippen LogP contribution in [0.25, 0.3) is 10.4 Å². The highest BCUT2D eigenvalue weighted by molar-refractivity contribution is 7.81. The fraction of sp³-hybridized carbons (Fsp3) is 0.143. The lowest BCUT2D eigenvalue weighted by Crippen LogP contribution is -2.01. The molecule has 1 aromatic rings. The van der Waals surface area contributed by atoms with Crippen molar-refractivity contribution in [2.75, 3.05) is 0 Å². The lowest BCUT2D eigenvalue weighted by Gasteiger charge is -2.03. The first-order chi connectivity index (χ1) is 7.40. The van der Waals surface area contributed by atoms with Crippen molar-refractivity contribution in [2.45, 2.75) is 11.4 Å². The van der Waals surface area contributed by atoms with Crippen molar-refractivity contribution in [3.8, 4) is 5.75 Å². The normalized spacial score (nSPS) is 10.6. The predicted octanol–water partition coefficient (Wildman–Crippen LogP) is 2.38. The highest BCUT2D eigenvalue weighted by Crippen LogP contribution is 2.22. The molecular formula is C7H6FN3O3S2. The van der Waals surface area contributed by atoms with Gasteiger partial charge in [-0.1, -0.05) is 9.00 Å². The summed E-state index contributed by atoms with van der Waals surface area (Å²) < 4.78 is 36.7. The molecule has 0 heterocycles. The van der Waals surface area contributed by atoms with Crippen molar-refractivity contribution in [1.82, 2.24) is 0 Å². The van der Waals surface area contributed by atoms with E-state index in [0.29, 0.717) is 10.5 Å². The molecule has 0 aliphatic rings. The summed E-state index contributed by atoms with van der Waals surface area (Å²) in [5.41, 5.74) is 8.57. The van der Waals surface area contributed by atoms with E-state index in [1.165, 1.54) is 18.2 Å². The molecule has 16 heavy (non-hydrogen) atoms. The molecule has 0 atom stereocenters. The average molecular weight is 263 g/mol. The number of halogens is 1. The van der Waals surface area contributed by atoms with Gasteiger partial charge in [0, 0.05) is 9.81 Å². The van der Waals surface area contributed by atoms with E-state index in [1.54, 1.807) is 0 Å². The number of hydrogen-bond donors (Lipinski definition) is 1. The van der Waals surface area contributed by atoms with Gasteiger partial charge >= 0.3 is 10.5 Å². The molecule has 0 aliphatic heterocycles. The Morgan fingerprint density at radius 1 is 1.50 bits per heavy atom. The van der Waals surface area contributed by atoms with Crippen LogP contribution in [0.1, 0.15) is 5.56 Å². The van der Waals surface area contributed by atoms with E-state index in [0.717, 1.165) is 0 Å². The van der Waals surface area contributed by atoms with Crippen LogP contribution in [0.4, 0.5) is 3.89 Å². The highest BCUT2D eigenvalue weighted by atomic mass is 32.3. The second-order valence-corrected chi connectivity index (χ2v) is 4.17. The Hall–Kier alpha value is -1.44. The first-order valence-corrected chi connectivity index (χ1v) is 5.64. The Labute approximate surface area is 96.5 Å². The molecule has 1 rings (SSSR count). The van der Waals surface area contributed by atoms with Gasteiger partial charge in [0.25, 0.3) is 0 Å². The number of rotatable bonds is 4. The standard InChI is InChI=1S/C7H6FN3O3S2/c8-16(12,13)14-6-1-5(4-10-11-9)2-7(15)3-6/h1-3,15H,4H2. The predicted molar refractivity (Wildman–Crippen MR) is 57.2 cm³/mol. The third-order valence-corrected chi connectivity index (χ3v) is 2.11. The number of benzene rings is 1. The summed E-state index contributed by atoms with van der Waals surface area (Å²) in [6.45, 7) is -0.00636. The maximum atomic E-state index is 12.2. The van der Waals surface area contributed by atoms with Gasteiger partial charge < -0.3 is 4.18 Å². The monoisotopic (exact) mass is 263 g/mol. The molecule has 0 N–H and O–H groups in total. The quantitative estimate of drug-likeness (QED) is 0.297. The Bertz CT molecular complexity index is 540. The molecule has 0 amide bonds. The highest BCUT2D eigenvalue weighted by Gasteiger charge is 2.10. The second kappa shape index (κ2) is 5.06. The summed E-state index contributed by atoms with van der Waals surface area (Å²) in [6.07, 6.45) is 0. The molecule has 86 valence electrons. The van der Waals surface area contributed by atoms with Crippen molar-refractivity contribution in [3.63, 3.8) is 0 Å². The van der Waals surface area contributed by atoms with Crippen LogP contribution in [-0.4, -0.2) is 8.42 Å². The maximum Gasteiger partial charge on any atom is 0.488 e. The molecule has 0 aliphatic carbocycles. The minimum Gasteiger partial charge on any atom is -0.358 e. The summed E-state index contributed by atoms with van der Waals surface area (Å²) >= 11 is 3.96. The summed E-state index contributed by atoms with van der Waals surface area (Å²) in [5.74, 6) is -0.224. The number of azide groups is 1. The molecule has 0 radical (unpaired) electrons. The fourth-order valence-electron chi connectivity index (χ4n) is 1.01. The minimum absolute atomic E-state index is 0.00636. The average Bonchev–Trinajstić information content (AvgIpc) is 2.10. The van der Waals surface area contributed by atoms with Crippen LogP contribution in [0.3, 0.4) is 0 Å². The summed E-state index contributed by atoms with van der Waals surface area (Å²) in [7, 11) is -5.07. The third-order valence-electron chi connectivity index (χ3n) is 1.46. The van der Waals surface area contributed by atoms with Crippen LogP contribution in [0.5, 0.6) is 5.75 Å². The molecular weight excluding hydrogens is 257 g/mol. The van der Waals surface area contributed by atoms with Crippen molar-refractivity contribution in [3.05, 3.63) is 34.2 Å². The molecule has 0 fully saturated rings. The lowest BCUT2D eigenvalue weighted by atomic mass is 10.2. The molecule has 0 saturated carbocycles. The Kier molecular flexibility index (Phi) is 3.99. The van der Waals surface area contributed by atoms with Gasteiger partial charge in [0.2, 0.25) is 0 Å². The number of nitrogens with zero attached hydrogens (tertiary/aromatic N) is 3. The van der Waals surface area contributed by atoms with Crippen molar-refractivity contribution in [2.24, 2.45) is 5.11 Å². The van der Waals surface area contributed by atoms with Gasteiger partial charge in [-0.15, -0.1) is 12.6 Å². The van der Waals surface area contributed by atoms with Crippen LogP contribution in [0.2, 0.25) is 0 Å². The SMILES string of the molecule is [N-]=[N+]=NCc1cc(S)cc(OS(=O)(=O)F)c1. The number of hydrogen-bond acceptors (Lipinski definition) is 5. The Morgan fingerprint density at radius 3 is 2.75 bits per heavy atom. The van der Waals surface area contributed by atoms with E-state index in [-0.39, 0.29) is 12.3 Å². The van der Waals surface area contributed by atoms with E-state index >= 15 is 0 Å². The van der Waals surface area contributed by atoms with Crippen LogP contribution >= 0.6 is 12.6 Å². The molecule has 0 aromatic heterocycles. The van der Waals surface area contributed by atoms with E-state index < -0.39 is 10.5 Å². The molecule has 0 spiro atoms. The van der Waals surface area contributed by atoms with Crippen LogP contribution < -0.4 is 4.18 Å². The van der Waals surface area contributed by atoms with Crippen LogP contribution in [0.15, 0.2) is 28.2 Å². The van der Waals surface area contributed by atoms with Crippen molar-refractivity contribution in [1.29, 1.82) is 0 Å². The molecule has 9 heteroatoms. The van der Waals surface area contributed by atoms with Gasteiger partial charge in [-0.2, -0.15) is 8.42 Å². The van der Waals surface area contributed by atoms with Gasteiger partial charge in [-0.25, -0.2) is 0 Å². The summed E-state index contributed by atoms with van der Waals surface area (Å²) in [6, 6.07) is 4.00. The van der Waals surface area contributed by atoms with Gasteiger partial charge in [-0.05, 0) is 29.3 Å². The maximum absolute atomic E-state index is 12.2. The second-order valence-electron chi connectivity index (χ2n) is 2.70. The molecule has 1 aromatic carbocycles. The Balaban J connectivity index is 3.02. The first kappa shape index (κ1) is 12.6. The van der Waals surface area contributed by atoms with Crippen LogP contribution in [0, 0.1) is 0 Å². The zero-order valence-electron chi connectivity index (χ0n) is 7.74. The van der Waals surface area contributed by atoms with Gasteiger partial charge in [0.05, 0.1) is 6.54 Å². The zero-order valence-corrected chi connectivity index (χ0v) is 9.45. The van der Waals surface area contributed by atoms with E-state index in [4.69, 9.17) is 5.53 Å². The molecule has 0 bridgehead atoms. The van der Waals surface area contributed by atoms with E-state index in [2.05, 4.69) is 26.8 Å². The van der Waals surface area contributed by atoms with Gasteiger partial charge in [0.15, 0.2) is 0 Å². The lowest BCUT2D eigenvalue weighted by molar-refractivity contribution is 0.439. The fourth-order valence-corrected chi connectivity index (χ4v) is 1.63. The molecule has 0 saturated heterocycles. The van der Waals surface area contributed by atoms with Gasteiger partial charge in [0.1, 0.15) is 5.75 Å². The number of thiol groups is 1. The molecule has 0 unspecified atom stereocenters. The molecule has 6 nitrogen and oxygen atoms in total. The summed E-state index contributed by atoms with van der Waals surface area (Å²) in [4.78, 5) is 2.90. The largest absolute Gasteiger partial charge is 0.488 e. The smallest absolute Gasteiger partial charge is 0.358 e. The van der Waals surface area contributed by atoms with E-state index in [9.17, 15) is 12.3 Å². The van der Waals surface area contributed by atoms with Gasteiger partial charge in [-0.3, -0.25) is 0 Å². The zero-order chi connectivity index (χ0) is 12.2. The van der Waals surface area contributed by atoms with E-state index in [1.807, 2.05) is 0 Å². The van der Waals surface area contributed by atoms with Crippen molar-refractivity contribution < 1.29 is 16.5 Å². The Morgan fingerprint density at radius 2 is 2.19 bits per heavy atom. The van der Waals surface area contributed by atoms with Crippen molar-refractivity contribution >= 4 is 23.1 Å².